The van der Waals surface area contributed by atoms with E-state index in [-0.39, 0.29) is 12.2 Å². The van der Waals surface area contributed by atoms with Gasteiger partial charge in [-0.15, -0.1) is 0 Å². The Morgan fingerprint density at radius 2 is 2.00 bits per heavy atom. The van der Waals surface area contributed by atoms with Gasteiger partial charge < -0.3 is 4.74 Å². The maximum absolute atomic E-state index is 13.5. The Morgan fingerprint density at radius 3 is 2.71 bits per heavy atom. The molecule has 1 atom stereocenters. The molecule has 0 radical (unpaired) electrons. The first-order valence-electron chi connectivity index (χ1n) is 9.60. The molecule has 1 aromatic heterocycles. The number of aromatic nitrogens is 1. The molecule has 3 aromatic rings. The van der Waals surface area contributed by atoms with Crippen LogP contribution in [0.4, 0.5) is 0 Å². The molecule has 0 saturated carbocycles. The number of carbonyl (C=O) groups is 1. The molecule has 8 heteroatoms. The number of allylic oxidation sites excluding steroid dienone is 1. The molecule has 0 bridgehead atoms. The second kappa shape index (κ2) is 8.83. The summed E-state index contributed by atoms with van der Waals surface area (Å²) >= 11 is 13.8. The van der Waals surface area contributed by atoms with Crippen LogP contribution in [0.1, 0.15) is 31.0 Å². The predicted molar refractivity (Wildman–Crippen MR) is 123 cm³/mol. The van der Waals surface area contributed by atoms with Crippen molar-refractivity contribution in [3.8, 4) is 0 Å². The summed E-state index contributed by atoms with van der Waals surface area (Å²) < 4.78 is 7.28. The fraction of sp³-hybridized carbons (Fsp3) is 0.174. The highest BCUT2D eigenvalue weighted by Crippen LogP contribution is 2.34. The molecule has 0 spiro atoms. The minimum Gasteiger partial charge on any atom is -0.463 e. The van der Waals surface area contributed by atoms with Crippen molar-refractivity contribution in [2.45, 2.75) is 19.9 Å². The third kappa shape index (κ3) is 4.11. The predicted octanol–water partition coefficient (Wildman–Crippen LogP) is 4.11. The zero-order valence-corrected chi connectivity index (χ0v) is 19.1. The summed E-state index contributed by atoms with van der Waals surface area (Å²) in [4.78, 5) is 31.3. The van der Waals surface area contributed by atoms with Crippen LogP contribution in [-0.4, -0.2) is 17.1 Å². The van der Waals surface area contributed by atoms with E-state index in [0.29, 0.717) is 36.2 Å². The number of thiazole rings is 1. The molecule has 5 nitrogen and oxygen atoms in total. The van der Waals surface area contributed by atoms with Gasteiger partial charge in [-0.1, -0.05) is 64.9 Å². The lowest BCUT2D eigenvalue weighted by molar-refractivity contribution is -0.139. The van der Waals surface area contributed by atoms with Crippen molar-refractivity contribution < 1.29 is 9.53 Å². The van der Waals surface area contributed by atoms with Crippen LogP contribution in [0.15, 0.2) is 69.6 Å². The van der Waals surface area contributed by atoms with E-state index >= 15 is 0 Å². The average Bonchev–Trinajstić information content (AvgIpc) is 3.02. The second-order valence-electron chi connectivity index (χ2n) is 6.88. The summed E-state index contributed by atoms with van der Waals surface area (Å²) in [6, 6.07) is 13.7. The summed E-state index contributed by atoms with van der Waals surface area (Å²) in [5.74, 6) is -0.516. The molecule has 158 valence electrons. The summed E-state index contributed by atoms with van der Waals surface area (Å²) in [5, 5.41) is 1.03. The molecule has 0 saturated heterocycles. The number of benzene rings is 2. The van der Waals surface area contributed by atoms with E-state index in [9.17, 15) is 9.59 Å². The van der Waals surface area contributed by atoms with Crippen LogP contribution in [0.5, 0.6) is 0 Å². The van der Waals surface area contributed by atoms with Crippen molar-refractivity contribution >= 4 is 46.6 Å². The second-order valence-corrected chi connectivity index (χ2v) is 8.73. The van der Waals surface area contributed by atoms with Crippen LogP contribution < -0.4 is 14.9 Å². The lowest BCUT2D eigenvalue weighted by Crippen LogP contribution is -2.40. The van der Waals surface area contributed by atoms with E-state index in [2.05, 4.69) is 4.99 Å². The average molecular weight is 473 g/mol. The number of halogens is 2. The monoisotopic (exact) mass is 472 g/mol. The normalized spacial score (nSPS) is 16.1. The third-order valence-electron chi connectivity index (χ3n) is 4.86. The van der Waals surface area contributed by atoms with E-state index in [1.165, 1.54) is 15.9 Å². The number of hydrogen-bond acceptors (Lipinski definition) is 5. The van der Waals surface area contributed by atoms with E-state index in [1.807, 2.05) is 18.2 Å². The quantitative estimate of drug-likeness (QED) is 0.536. The van der Waals surface area contributed by atoms with Gasteiger partial charge >= 0.3 is 5.97 Å². The molecule has 1 aliphatic heterocycles. The van der Waals surface area contributed by atoms with Gasteiger partial charge in [-0.25, -0.2) is 9.79 Å². The SMILES string of the molecule is CCOC(=O)C1=C(C)N=c2s/c(=C\c3cccc(Cl)c3)c(=O)n2[C@H]1c1ccccc1Cl. The first kappa shape index (κ1) is 21.6. The molecule has 0 N–H and O–H groups in total. The van der Waals surface area contributed by atoms with Gasteiger partial charge in [-0.05, 0) is 49.2 Å². The maximum Gasteiger partial charge on any atom is 0.338 e. The lowest BCUT2D eigenvalue weighted by Gasteiger charge is -2.25. The van der Waals surface area contributed by atoms with Crippen molar-refractivity contribution in [3.63, 3.8) is 0 Å². The molecular weight excluding hydrogens is 455 g/mol. The molecule has 0 amide bonds. The van der Waals surface area contributed by atoms with Crippen LogP contribution in [0.3, 0.4) is 0 Å². The van der Waals surface area contributed by atoms with Crippen molar-refractivity contribution in [2.24, 2.45) is 4.99 Å². The number of fused-ring (bicyclic) bond motifs is 1. The zero-order valence-electron chi connectivity index (χ0n) is 16.8. The summed E-state index contributed by atoms with van der Waals surface area (Å²) in [6.07, 6.45) is 1.77. The van der Waals surface area contributed by atoms with Gasteiger partial charge in [-0.3, -0.25) is 9.36 Å². The van der Waals surface area contributed by atoms with Crippen molar-refractivity contribution in [1.82, 2.24) is 4.57 Å². The van der Waals surface area contributed by atoms with Crippen molar-refractivity contribution in [2.75, 3.05) is 6.61 Å². The molecule has 2 aromatic carbocycles. The van der Waals surface area contributed by atoms with Gasteiger partial charge in [0, 0.05) is 10.0 Å². The van der Waals surface area contributed by atoms with E-state index < -0.39 is 12.0 Å². The van der Waals surface area contributed by atoms with Gasteiger partial charge in [0.15, 0.2) is 4.80 Å². The van der Waals surface area contributed by atoms with Gasteiger partial charge in [0.2, 0.25) is 0 Å². The highest BCUT2D eigenvalue weighted by molar-refractivity contribution is 7.07. The first-order chi connectivity index (χ1) is 14.9. The maximum atomic E-state index is 13.5. The number of hydrogen-bond donors (Lipinski definition) is 0. The molecule has 2 heterocycles. The largest absolute Gasteiger partial charge is 0.463 e. The number of nitrogens with zero attached hydrogens (tertiary/aromatic N) is 2. The fourth-order valence-corrected chi connectivity index (χ4v) is 5.01. The van der Waals surface area contributed by atoms with Gasteiger partial charge in [0.1, 0.15) is 6.04 Å². The molecule has 0 aliphatic carbocycles. The number of ether oxygens (including phenoxy) is 1. The highest BCUT2D eigenvalue weighted by Gasteiger charge is 2.34. The summed E-state index contributed by atoms with van der Waals surface area (Å²) in [7, 11) is 0. The lowest BCUT2D eigenvalue weighted by atomic mass is 9.96. The van der Waals surface area contributed by atoms with Gasteiger partial charge in [0.05, 0.1) is 22.4 Å². The minimum absolute atomic E-state index is 0.212. The number of rotatable bonds is 4. The van der Waals surface area contributed by atoms with E-state index in [1.54, 1.807) is 50.3 Å². The summed E-state index contributed by atoms with van der Waals surface area (Å²) in [6.45, 7) is 3.69. The third-order valence-corrected chi connectivity index (χ3v) is 6.43. The van der Waals surface area contributed by atoms with Crippen molar-refractivity contribution in [3.05, 3.63) is 101 Å². The van der Waals surface area contributed by atoms with E-state index in [0.717, 1.165) is 5.56 Å². The molecule has 0 fully saturated rings. The van der Waals surface area contributed by atoms with Crippen LogP contribution in [0.25, 0.3) is 6.08 Å². The first-order valence-corrected chi connectivity index (χ1v) is 11.2. The van der Waals surface area contributed by atoms with E-state index in [4.69, 9.17) is 27.9 Å². The van der Waals surface area contributed by atoms with Crippen LogP contribution in [0.2, 0.25) is 10.0 Å². The standard InChI is InChI=1S/C23H18Cl2N2O3S/c1-3-30-22(29)19-13(2)26-23-27(20(19)16-9-4-5-10-17(16)25)21(28)18(31-23)12-14-7-6-8-15(24)11-14/h4-12,20H,3H2,1-2H3/b18-12-/t20-/m0/s1. The Balaban J connectivity index is 1.99. The molecule has 1 aliphatic rings. The Bertz CT molecular complexity index is 1390. The van der Waals surface area contributed by atoms with Crippen LogP contribution in [0, 0.1) is 0 Å². The Morgan fingerprint density at radius 1 is 1.23 bits per heavy atom. The molecule has 0 unspecified atom stereocenters. The van der Waals surface area contributed by atoms with Gasteiger partial charge in [-0.2, -0.15) is 0 Å². The highest BCUT2D eigenvalue weighted by atomic mass is 35.5. The smallest absolute Gasteiger partial charge is 0.338 e. The Hall–Kier alpha value is -2.67. The zero-order chi connectivity index (χ0) is 22.1. The van der Waals surface area contributed by atoms with Crippen molar-refractivity contribution in [1.29, 1.82) is 0 Å². The van der Waals surface area contributed by atoms with Crippen LogP contribution in [-0.2, 0) is 9.53 Å². The number of esters is 1. The van der Waals surface area contributed by atoms with Crippen LogP contribution >= 0.6 is 34.5 Å². The Kier molecular flexibility index (Phi) is 6.14. The minimum atomic E-state index is -0.731. The Labute approximate surface area is 192 Å². The fourth-order valence-electron chi connectivity index (χ4n) is 3.53. The molecular formula is C23H18Cl2N2O3S. The topological polar surface area (TPSA) is 60.7 Å². The molecule has 31 heavy (non-hydrogen) atoms. The van der Waals surface area contributed by atoms with Gasteiger partial charge in [0.25, 0.3) is 5.56 Å². The number of carbonyl (C=O) groups excluding carboxylic acids is 1. The summed E-state index contributed by atoms with van der Waals surface area (Å²) in [5.41, 5.74) is 1.98. The molecule has 4 rings (SSSR count).